The second-order valence-electron chi connectivity index (χ2n) is 6.50. The summed E-state index contributed by atoms with van der Waals surface area (Å²) in [6.45, 7) is 3.28. The number of carbonyl (C=O) groups excluding carboxylic acids is 1. The van der Waals surface area contributed by atoms with Crippen molar-refractivity contribution in [3.8, 4) is 17.7 Å². The summed E-state index contributed by atoms with van der Waals surface area (Å²) in [5.74, 6) is 1.46. The minimum absolute atomic E-state index is 0.0388. The highest BCUT2D eigenvalue weighted by Gasteiger charge is 2.34. The molecule has 1 atom stereocenters. The van der Waals surface area contributed by atoms with Gasteiger partial charge in [-0.1, -0.05) is 0 Å². The molecule has 0 aliphatic carbocycles. The predicted molar refractivity (Wildman–Crippen MR) is 90.0 cm³/mol. The van der Waals surface area contributed by atoms with Crippen LogP contribution in [0.5, 0.6) is 17.7 Å². The first-order valence-corrected chi connectivity index (χ1v) is 8.52. The highest BCUT2D eigenvalue weighted by molar-refractivity contribution is 5.94. The zero-order valence-corrected chi connectivity index (χ0v) is 14.1. The maximum atomic E-state index is 12.5. The number of carbonyl (C=O) groups is 1. The van der Waals surface area contributed by atoms with E-state index in [1.807, 2.05) is 0 Å². The van der Waals surface area contributed by atoms with E-state index in [1.54, 1.807) is 24.3 Å². The fourth-order valence-electron chi connectivity index (χ4n) is 3.54. The summed E-state index contributed by atoms with van der Waals surface area (Å²) in [5.41, 5.74) is 0.619. The van der Waals surface area contributed by atoms with Gasteiger partial charge < -0.3 is 24.1 Å². The Bertz CT molecular complexity index is 735. The van der Waals surface area contributed by atoms with E-state index in [-0.39, 0.29) is 18.0 Å². The van der Waals surface area contributed by atoms with E-state index in [0.29, 0.717) is 23.1 Å². The van der Waals surface area contributed by atoms with Crippen molar-refractivity contribution < 1.29 is 18.7 Å². The Labute approximate surface area is 145 Å². The van der Waals surface area contributed by atoms with E-state index < -0.39 is 0 Å². The summed E-state index contributed by atoms with van der Waals surface area (Å²) < 4.78 is 15.5. The second-order valence-corrected chi connectivity index (χ2v) is 6.50. The molecule has 3 saturated heterocycles. The van der Waals surface area contributed by atoms with Gasteiger partial charge >= 0.3 is 6.08 Å². The Kier molecular flexibility index (Phi) is 4.31. The maximum absolute atomic E-state index is 12.5. The highest BCUT2D eigenvalue weighted by Crippen LogP contribution is 2.28. The number of nitrogens with one attached hydrogen (secondary N) is 1. The number of fused-ring (bicyclic) bond motifs is 3. The van der Waals surface area contributed by atoms with Gasteiger partial charge in [-0.05, 0) is 56.1 Å². The molecule has 5 rings (SSSR count). The number of amides is 1. The third-order valence-electron chi connectivity index (χ3n) is 4.97. The molecule has 132 valence electrons. The van der Waals surface area contributed by atoms with Crippen LogP contribution in [0.2, 0.25) is 0 Å². The maximum Gasteiger partial charge on any atom is 0.402 e. The quantitative estimate of drug-likeness (QED) is 0.898. The molecule has 1 N–H and O–H groups in total. The Hall–Kier alpha value is -2.54. The molecule has 0 radical (unpaired) electrons. The van der Waals surface area contributed by atoms with Crippen LogP contribution in [0.15, 0.2) is 34.9 Å². The lowest BCUT2D eigenvalue weighted by atomic mass is 9.84. The number of benzene rings is 1. The van der Waals surface area contributed by atoms with Crippen molar-refractivity contribution in [1.82, 2.24) is 15.2 Å². The number of oxazole rings is 1. The van der Waals surface area contributed by atoms with Crippen LogP contribution in [0, 0.1) is 5.92 Å². The average Bonchev–Trinajstić information content (AvgIpc) is 3.11. The van der Waals surface area contributed by atoms with Gasteiger partial charge in [-0.3, -0.25) is 4.79 Å². The zero-order valence-electron chi connectivity index (χ0n) is 14.1. The van der Waals surface area contributed by atoms with Crippen LogP contribution in [0.1, 0.15) is 23.2 Å². The van der Waals surface area contributed by atoms with Crippen molar-refractivity contribution in [2.75, 3.05) is 26.7 Å². The van der Waals surface area contributed by atoms with Gasteiger partial charge in [0.2, 0.25) is 0 Å². The van der Waals surface area contributed by atoms with Gasteiger partial charge in [0.1, 0.15) is 5.75 Å². The Morgan fingerprint density at radius 1 is 1.28 bits per heavy atom. The van der Waals surface area contributed by atoms with E-state index in [0.717, 1.165) is 19.6 Å². The van der Waals surface area contributed by atoms with E-state index in [1.165, 1.54) is 26.2 Å². The molecule has 25 heavy (non-hydrogen) atoms. The van der Waals surface area contributed by atoms with Crippen molar-refractivity contribution in [3.05, 3.63) is 36.1 Å². The molecule has 1 aromatic carbocycles. The number of piperidine rings is 3. The van der Waals surface area contributed by atoms with E-state index >= 15 is 0 Å². The third kappa shape index (κ3) is 3.46. The molecule has 7 nitrogen and oxygen atoms in total. The average molecular weight is 343 g/mol. The topological polar surface area (TPSA) is 76.8 Å². The fraction of sp³-hybridized carbons (Fsp3) is 0.444. The standard InChI is InChI=1S/C18H21N3O4/c1-23-16-11-24-18(20-16)25-14-4-2-13(3-5-14)17(22)19-15-10-21-8-6-12(15)7-9-21/h2-5,11-12,15H,6-10H2,1H3,(H,19,22). The van der Waals surface area contributed by atoms with Gasteiger partial charge in [-0.2, -0.15) is 0 Å². The number of methoxy groups -OCH3 is 1. The van der Waals surface area contributed by atoms with Crippen LogP contribution in [0.4, 0.5) is 0 Å². The molecular formula is C18H21N3O4. The number of aromatic nitrogens is 1. The summed E-state index contributed by atoms with van der Waals surface area (Å²) in [6, 6.07) is 7.19. The molecule has 2 bridgehead atoms. The minimum Gasteiger partial charge on any atom is -0.479 e. The number of rotatable bonds is 5. The summed E-state index contributed by atoms with van der Waals surface area (Å²) in [6.07, 6.45) is 3.82. The van der Waals surface area contributed by atoms with Gasteiger partial charge in [0, 0.05) is 18.2 Å². The molecule has 7 heteroatoms. The SMILES string of the molecule is COc1coc(Oc2ccc(C(=O)NC3CN4CCC3CC4)cc2)n1. The Morgan fingerprint density at radius 3 is 2.64 bits per heavy atom. The summed E-state index contributed by atoms with van der Waals surface area (Å²) in [7, 11) is 1.50. The highest BCUT2D eigenvalue weighted by atomic mass is 16.6. The van der Waals surface area contributed by atoms with Gasteiger partial charge in [-0.15, -0.1) is 4.98 Å². The van der Waals surface area contributed by atoms with Crippen LogP contribution in [0.3, 0.4) is 0 Å². The lowest BCUT2D eigenvalue weighted by molar-refractivity contribution is 0.0620. The monoisotopic (exact) mass is 343 g/mol. The number of ether oxygens (including phenoxy) is 2. The molecule has 2 aromatic rings. The van der Waals surface area contributed by atoms with E-state index in [9.17, 15) is 4.79 Å². The molecule has 1 aromatic heterocycles. The minimum atomic E-state index is -0.0388. The Balaban J connectivity index is 1.37. The van der Waals surface area contributed by atoms with Crippen LogP contribution < -0.4 is 14.8 Å². The first-order valence-electron chi connectivity index (χ1n) is 8.52. The van der Waals surface area contributed by atoms with Gasteiger partial charge in [-0.25, -0.2) is 0 Å². The molecule has 3 aliphatic heterocycles. The largest absolute Gasteiger partial charge is 0.479 e. The Morgan fingerprint density at radius 2 is 2.04 bits per heavy atom. The van der Waals surface area contributed by atoms with Gasteiger partial charge in [0.05, 0.1) is 7.11 Å². The lowest BCUT2D eigenvalue weighted by Crippen LogP contribution is -2.57. The molecule has 0 saturated carbocycles. The summed E-state index contributed by atoms with van der Waals surface area (Å²) in [4.78, 5) is 18.9. The lowest BCUT2D eigenvalue weighted by Gasteiger charge is -2.44. The first kappa shape index (κ1) is 16.0. The smallest absolute Gasteiger partial charge is 0.402 e. The first-order chi connectivity index (χ1) is 12.2. The van der Waals surface area contributed by atoms with Crippen LogP contribution in [-0.2, 0) is 0 Å². The van der Waals surface area contributed by atoms with Crippen LogP contribution >= 0.6 is 0 Å². The van der Waals surface area contributed by atoms with Crippen molar-refractivity contribution in [3.63, 3.8) is 0 Å². The van der Waals surface area contributed by atoms with Crippen molar-refractivity contribution >= 4 is 5.91 Å². The molecule has 1 amide bonds. The molecule has 1 unspecified atom stereocenters. The molecular weight excluding hydrogens is 322 g/mol. The molecule has 0 spiro atoms. The van der Waals surface area contributed by atoms with Crippen LogP contribution in [0.25, 0.3) is 0 Å². The fourth-order valence-corrected chi connectivity index (χ4v) is 3.54. The molecule has 3 aliphatic rings. The van der Waals surface area contributed by atoms with Crippen molar-refractivity contribution in [2.24, 2.45) is 5.92 Å². The van der Waals surface area contributed by atoms with Gasteiger partial charge in [0.15, 0.2) is 6.26 Å². The zero-order chi connectivity index (χ0) is 17.2. The van der Waals surface area contributed by atoms with E-state index in [4.69, 9.17) is 13.9 Å². The third-order valence-corrected chi connectivity index (χ3v) is 4.97. The summed E-state index contributed by atoms with van der Waals surface area (Å²) in [5, 5.41) is 3.18. The van der Waals surface area contributed by atoms with Gasteiger partial charge in [0.25, 0.3) is 11.8 Å². The van der Waals surface area contributed by atoms with Crippen LogP contribution in [-0.4, -0.2) is 48.6 Å². The number of hydrogen-bond donors (Lipinski definition) is 1. The molecule has 4 heterocycles. The van der Waals surface area contributed by atoms with Crippen molar-refractivity contribution in [1.29, 1.82) is 0 Å². The summed E-state index contributed by atoms with van der Waals surface area (Å²) >= 11 is 0. The predicted octanol–water partition coefficient (Wildman–Crippen LogP) is 2.30. The normalized spacial score (nSPS) is 24.8. The van der Waals surface area contributed by atoms with E-state index in [2.05, 4.69) is 15.2 Å². The van der Waals surface area contributed by atoms with Crippen molar-refractivity contribution in [2.45, 2.75) is 18.9 Å². The number of nitrogens with zero attached hydrogens (tertiary/aromatic N) is 2. The number of hydrogen-bond acceptors (Lipinski definition) is 6. The molecule has 3 fully saturated rings. The second kappa shape index (κ2) is 6.76.